The van der Waals surface area contributed by atoms with Crippen molar-refractivity contribution in [3.8, 4) is 0 Å². The molecule has 2 rings (SSSR count). The first kappa shape index (κ1) is 12.2. The van der Waals surface area contributed by atoms with E-state index in [1.807, 2.05) is 0 Å². The molecule has 1 aromatic carbocycles. The van der Waals surface area contributed by atoms with Gasteiger partial charge in [0.2, 0.25) is 0 Å². The number of piperidine rings is 1. The molecule has 1 unspecified atom stereocenters. The third-order valence-electron chi connectivity index (χ3n) is 3.17. The van der Waals surface area contributed by atoms with Crippen LogP contribution in [0.4, 0.5) is 5.69 Å². The second kappa shape index (κ2) is 5.87. The number of rotatable bonds is 3. The van der Waals surface area contributed by atoms with Crippen molar-refractivity contribution in [2.45, 2.75) is 19.8 Å². The Kier molecular flexibility index (Phi) is 4.46. The van der Waals surface area contributed by atoms with Crippen LogP contribution in [0.5, 0.6) is 0 Å². The molecule has 0 aromatic heterocycles. The van der Waals surface area contributed by atoms with Gasteiger partial charge in [-0.05, 0) is 85.1 Å². The van der Waals surface area contributed by atoms with E-state index in [1.165, 1.54) is 34.2 Å². The first-order valence-electron chi connectivity index (χ1n) is 5.96. The summed E-state index contributed by atoms with van der Waals surface area (Å²) in [5, 5.41) is 7.02. The zero-order chi connectivity index (χ0) is 11.4. The van der Waals surface area contributed by atoms with Crippen molar-refractivity contribution in [3.05, 3.63) is 27.3 Å². The molecule has 0 radical (unpaired) electrons. The highest BCUT2D eigenvalue weighted by atomic mass is 127. The van der Waals surface area contributed by atoms with Gasteiger partial charge >= 0.3 is 0 Å². The molecule has 0 aliphatic carbocycles. The number of hydrogen-bond donors (Lipinski definition) is 2. The quantitative estimate of drug-likeness (QED) is 0.833. The molecular weight excluding hydrogens is 311 g/mol. The number of aryl methyl sites for hydroxylation is 1. The average Bonchev–Trinajstić information content (AvgIpc) is 2.29. The Morgan fingerprint density at radius 1 is 1.50 bits per heavy atom. The lowest BCUT2D eigenvalue weighted by Crippen LogP contribution is -2.33. The Morgan fingerprint density at radius 3 is 3.06 bits per heavy atom. The monoisotopic (exact) mass is 330 g/mol. The summed E-state index contributed by atoms with van der Waals surface area (Å²) < 4.78 is 1.31. The van der Waals surface area contributed by atoms with Gasteiger partial charge in [-0.3, -0.25) is 0 Å². The summed E-state index contributed by atoms with van der Waals surface area (Å²) in [5.41, 5.74) is 2.63. The summed E-state index contributed by atoms with van der Waals surface area (Å²) in [6.07, 6.45) is 2.67. The number of hydrogen-bond acceptors (Lipinski definition) is 2. The molecule has 16 heavy (non-hydrogen) atoms. The minimum absolute atomic E-state index is 0.785. The zero-order valence-electron chi connectivity index (χ0n) is 9.72. The van der Waals surface area contributed by atoms with Crippen LogP contribution < -0.4 is 10.6 Å². The van der Waals surface area contributed by atoms with Crippen molar-refractivity contribution in [1.29, 1.82) is 0 Å². The Balaban J connectivity index is 1.88. The first-order chi connectivity index (χ1) is 7.75. The van der Waals surface area contributed by atoms with Crippen LogP contribution in [0.25, 0.3) is 0 Å². The Hall–Kier alpha value is -0.290. The summed E-state index contributed by atoms with van der Waals surface area (Å²) in [7, 11) is 0. The molecule has 1 saturated heterocycles. The second-order valence-corrected chi connectivity index (χ2v) is 5.80. The predicted octanol–water partition coefficient (Wildman–Crippen LogP) is 3.01. The lowest BCUT2D eigenvalue weighted by Gasteiger charge is -2.23. The molecule has 1 atom stereocenters. The van der Waals surface area contributed by atoms with Gasteiger partial charge in [-0.1, -0.05) is 0 Å². The van der Waals surface area contributed by atoms with Crippen LogP contribution >= 0.6 is 22.6 Å². The molecule has 1 aliphatic heterocycles. The highest BCUT2D eigenvalue weighted by Gasteiger charge is 2.12. The SMILES string of the molecule is Cc1cc(I)ccc1NCC1CCCNC1. The molecule has 88 valence electrons. The largest absolute Gasteiger partial charge is 0.385 e. The highest BCUT2D eigenvalue weighted by Crippen LogP contribution is 2.19. The smallest absolute Gasteiger partial charge is 0.0370 e. The average molecular weight is 330 g/mol. The maximum atomic E-state index is 3.57. The van der Waals surface area contributed by atoms with Gasteiger partial charge in [-0.15, -0.1) is 0 Å². The standard InChI is InChI=1S/C13H19IN2/c1-10-7-12(14)4-5-13(10)16-9-11-3-2-6-15-8-11/h4-5,7,11,15-16H,2-3,6,8-9H2,1H3. The van der Waals surface area contributed by atoms with Crippen LogP contribution in [-0.4, -0.2) is 19.6 Å². The minimum Gasteiger partial charge on any atom is -0.385 e. The molecule has 2 nitrogen and oxygen atoms in total. The van der Waals surface area contributed by atoms with Crippen LogP contribution in [0.3, 0.4) is 0 Å². The van der Waals surface area contributed by atoms with Gasteiger partial charge in [0.05, 0.1) is 0 Å². The topological polar surface area (TPSA) is 24.1 Å². The van der Waals surface area contributed by atoms with E-state index in [0.29, 0.717) is 0 Å². The van der Waals surface area contributed by atoms with E-state index >= 15 is 0 Å². The van der Waals surface area contributed by atoms with Crippen molar-refractivity contribution < 1.29 is 0 Å². The van der Waals surface area contributed by atoms with Gasteiger partial charge in [0, 0.05) is 15.8 Å². The third-order valence-corrected chi connectivity index (χ3v) is 3.84. The first-order valence-corrected chi connectivity index (χ1v) is 7.04. The summed E-state index contributed by atoms with van der Waals surface area (Å²) in [5.74, 6) is 0.785. The number of benzene rings is 1. The maximum absolute atomic E-state index is 3.57. The number of halogens is 1. The molecule has 1 fully saturated rings. The fraction of sp³-hybridized carbons (Fsp3) is 0.538. The zero-order valence-corrected chi connectivity index (χ0v) is 11.9. The lowest BCUT2D eigenvalue weighted by molar-refractivity contribution is 0.393. The maximum Gasteiger partial charge on any atom is 0.0370 e. The van der Waals surface area contributed by atoms with Gasteiger partial charge in [0.1, 0.15) is 0 Å². The molecule has 0 amide bonds. The summed E-state index contributed by atoms with van der Waals surface area (Å²) >= 11 is 2.36. The summed E-state index contributed by atoms with van der Waals surface area (Å²) in [6.45, 7) is 5.62. The molecular formula is C13H19IN2. The lowest BCUT2D eigenvalue weighted by atomic mass is 9.99. The molecule has 1 heterocycles. The van der Waals surface area contributed by atoms with Gasteiger partial charge in [0.25, 0.3) is 0 Å². The number of anilines is 1. The van der Waals surface area contributed by atoms with E-state index < -0.39 is 0 Å². The molecule has 0 bridgehead atoms. The predicted molar refractivity (Wildman–Crippen MR) is 78.0 cm³/mol. The van der Waals surface area contributed by atoms with E-state index in [-0.39, 0.29) is 0 Å². The summed E-state index contributed by atoms with van der Waals surface area (Å²) in [4.78, 5) is 0. The third kappa shape index (κ3) is 3.35. The van der Waals surface area contributed by atoms with E-state index in [9.17, 15) is 0 Å². The van der Waals surface area contributed by atoms with Gasteiger partial charge in [-0.2, -0.15) is 0 Å². The van der Waals surface area contributed by atoms with Crippen molar-refractivity contribution in [3.63, 3.8) is 0 Å². The van der Waals surface area contributed by atoms with Crippen LogP contribution in [0.1, 0.15) is 18.4 Å². The van der Waals surface area contributed by atoms with E-state index in [1.54, 1.807) is 0 Å². The van der Waals surface area contributed by atoms with E-state index in [4.69, 9.17) is 0 Å². The molecule has 3 heteroatoms. The molecule has 0 saturated carbocycles. The Labute approximate surface area is 111 Å². The van der Waals surface area contributed by atoms with Crippen molar-refractivity contribution in [2.24, 2.45) is 5.92 Å². The Bertz CT molecular complexity index is 346. The second-order valence-electron chi connectivity index (χ2n) is 4.55. The molecule has 2 N–H and O–H groups in total. The van der Waals surface area contributed by atoms with Gasteiger partial charge < -0.3 is 10.6 Å². The highest BCUT2D eigenvalue weighted by molar-refractivity contribution is 14.1. The fourth-order valence-electron chi connectivity index (χ4n) is 2.18. The van der Waals surface area contributed by atoms with Gasteiger partial charge in [0.15, 0.2) is 0 Å². The normalized spacial score (nSPS) is 20.8. The van der Waals surface area contributed by atoms with E-state index in [2.05, 4.69) is 58.3 Å². The summed E-state index contributed by atoms with van der Waals surface area (Å²) in [6, 6.07) is 6.57. The van der Waals surface area contributed by atoms with Crippen LogP contribution in [0.2, 0.25) is 0 Å². The molecule has 1 aromatic rings. The van der Waals surface area contributed by atoms with Crippen molar-refractivity contribution in [2.75, 3.05) is 25.0 Å². The Morgan fingerprint density at radius 2 is 2.38 bits per heavy atom. The van der Waals surface area contributed by atoms with Crippen LogP contribution in [0, 0.1) is 16.4 Å². The molecule has 0 spiro atoms. The van der Waals surface area contributed by atoms with Gasteiger partial charge in [-0.25, -0.2) is 0 Å². The fourth-order valence-corrected chi connectivity index (χ4v) is 2.82. The molecule has 1 aliphatic rings. The van der Waals surface area contributed by atoms with Crippen molar-refractivity contribution in [1.82, 2.24) is 5.32 Å². The minimum atomic E-state index is 0.785. The number of nitrogens with one attached hydrogen (secondary N) is 2. The van der Waals surface area contributed by atoms with Crippen LogP contribution in [0.15, 0.2) is 18.2 Å². The van der Waals surface area contributed by atoms with E-state index in [0.717, 1.165) is 19.0 Å². The van der Waals surface area contributed by atoms with Crippen LogP contribution in [-0.2, 0) is 0 Å². The van der Waals surface area contributed by atoms with Crippen molar-refractivity contribution >= 4 is 28.3 Å².